The molecule has 0 aromatic heterocycles. The van der Waals surface area contributed by atoms with Gasteiger partial charge >= 0.3 is 0 Å². The number of carbonyl (C=O) groups excluding carboxylic acids is 1. The van der Waals surface area contributed by atoms with E-state index >= 15 is 0 Å². The van der Waals surface area contributed by atoms with Crippen molar-refractivity contribution < 1.29 is 9.53 Å². The summed E-state index contributed by atoms with van der Waals surface area (Å²) < 4.78 is 4.73. The van der Waals surface area contributed by atoms with Gasteiger partial charge in [0.2, 0.25) is 0 Å². The summed E-state index contributed by atoms with van der Waals surface area (Å²) in [5.74, 6) is 0. The molecule has 0 saturated heterocycles. The molecule has 0 bridgehead atoms. The molecule has 8 heavy (non-hydrogen) atoms. The van der Waals surface area contributed by atoms with Crippen molar-refractivity contribution in [1.82, 2.24) is 0 Å². The van der Waals surface area contributed by atoms with Gasteiger partial charge < -0.3 is 4.74 Å². The van der Waals surface area contributed by atoms with Gasteiger partial charge in [0, 0.05) is 0 Å². The zero-order valence-electron chi connectivity index (χ0n) is 4.15. The number of aliphatic imine (C=N–C) groups is 1. The molecule has 0 saturated carbocycles. The summed E-state index contributed by atoms with van der Waals surface area (Å²) in [4.78, 5) is 13.6. The number of hydrogen-bond acceptors (Lipinski definition) is 3. The van der Waals surface area contributed by atoms with Crippen LogP contribution in [0.2, 0.25) is 0 Å². The van der Waals surface area contributed by atoms with Crippen LogP contribution in [0.1, 0.15) is 0 Å². The highest BCUT2D eigenvalue weighted by Crippen LogP contribution is 1.91. The maximum Gasteiger partial charge on any atom is 0.188 e. The van der Waals surface area contributed by atoms with E-state index in [1.807, 2.05) is 0 Å². The SMILES string of the molecule is O=CC1C=NC=CO1. The highest BCUT2D eigenvalue weighted by Gasteiger charge is 2.01. The van der Waals surface area contributed by atoms with E-state index in [1.54, 1.807) is 0 Å². The maximum absolute atomic E-state index is 9.91. The molecule has 0 aromatic carbocycles. The van der Waals surface area contributed by atoms with Crippen molar-refractivity contribution in [1.29, 1.82) is 0 Å². The minimum Gasteiger partial charge on any atom is -0.483 e. The van der Waals surface area contributed by atoms with Crippen molar-refractivity contribution in [3.8, 4) is 0 Å². The summed E-state index contributed by atoms with van der Waals surface area (Å²) in [6.45, 7) is 0. The van der Waals surface area contributed by atoms with Crippen molar-refractivity contribution >= 4 is 12.5 Å². The lowest BCUT2D eigenvalue weighted by Gasteiger charge is -2.04. The van der Waals surface area contributed by atoms with Crippen LogP contribution in [0.4, 0.5) is 0 Å². The second kappa shape index (κ2) is 2.26. The summed E-state index contributed by atoms with van der Waals surface area (Å²) in [7, 11) is 0. The highest BCUT2D eigenvalue weighted by atomic mass is 16.5. The predicted octanol–water partition coefficient (Wildman–Crippen LogP) is 0.126. The number of nitrogens with zero attached hydrogens (tertiary/aromatic N) is 1. The third-order valence-electron chi connectivity index (χ3n) is 0.750. The molecule has 1 unspecified atom stereocenters. The van der Waals surface area contributed by atoms with Crippen molar-refractivity contribution in [2.75, 3.05) is 0 Å². The maximum atomic E-state index is 9.91. The first kappa shape index (κ1) is 5.03. The molecule has 0 aromatic rings. The van der Waals surface area contributed by atoms with Crippen molar-refractivity contribution in [3.63, 3.8) is 0 Å². The van der Waals surface area contributed by atoms with E-state index in [2.05, 4.69) is 4.99 Å². The lowest BCUT2D eigenvalue weighted by molar-refractivity contribution is -0.112. The number of rotatable bonds is 1. The molecule has 0 radical (unpaired) electrons. The summed E-state index contributed by atoms with van der Waals surface area (Å²) in [6, 6.07) is 0. The average molecular weight is 111 g/mol. The van der Waals surface area contributed by atoms with Crippen LogP contribution in [0.15, 0.2) is 17.5 Å². The van der Waals surface area contributed by atoms with Gasteiger partial charge in [0.15, 0.2) is 12.4 Å². The number of ether oxygens (including phenoxy) is 1. The standard InChI is InChI=1S/C5H5NO2/c7-4-5-3-6-1-2-8-5/h1-5H. The molecule has 0 spiro atoms. The lowest BCUT2D eigenvalue weighted by atomic mass is 10.4. The third-order valence-corrected chi connectivity index (χ3v) is 0.750. The Morgan fingerprint density at radius 2 is 2.62 bits per heavy atom. The van der Waals surface area contributed by atoms with Gasteiger partial charge in [-0.25, -0.2) is 0 Å². The van der Waals surface area contributed by atoms with Crippen LogP contribution in [-0.2, 0) is 9.53 Å². The second-order valence-corrected chi connectivity index (χ2v) is 1.32. The average Bonchev–Trinajstić information content (AvgIpc) is 1.90. The van der Waals surface area contributed by atoms with E-state index in [1.165, 1.54) is 18.7 Å². The van der Waals surface area contributed by atoms with Crippen LogP contribution in [0.3, 0.4) is 0 Å². The Morgan fingerprint density at radius 3 is 3.00 bits per heavy atom. The Labute approximate surface area is 46.7 Å². The van der Waals surface area contributed by atoms with Crippen molar-refractivity contribution in [2.24, 2.45) is 4.99 Å². The molecule has 1 heterocycles. The fourth-order valence-electron chi connectivity index (χ4n) is 0.398. The highest BCUT2D eigenvalue weighted by molar-refractivity contribution is 5.84. The Balaban J connectivity index is 2.51. The van der Waals surface area contributed by atoms with Crippen LogP contribution >= 0.6 is 0 Å². The number of hydrogen-bond donors (Lipinski definition) is 0. The fraction of sp³-hybridized carbons (Fsp3) is 0.200. The topological polar surface area (TPSA) is 38.7 Å². The molecular formula is C5H5NO2. The first-order valence-electron chi connectivity index (χ1n) is 2.22. The predicted molar refractivity (Wildman–Crippen MR) is 28.6 cm³/mol. The minimum absolute atomic E-state index is 0.472. The van der Waals surface area contributed by atoms with E-state index in [0.717, 1.165) is 0 Å². The zero-order valence-corrected chi connectivity index (χ0v) is 4.15. The second-order valence-electron chi connectivity index (χ2n) is 1.32. The summed E-state index contributed by atoms with van der Waals surface area (Å²) in [6.07, 6.45) is 4.53. The molecular weight excluding hydrogens is 106 g/mol. The third kappa shape index (κ3) is 0.932. The monoisotopic (exact) mass is 111 g/mol. The number of aldehydes is 1. The molecule has 0 amide bonds. The summed E-state index contributed by atoms with van der Waals surface area (Å²) in [5, 5.41) is 0. The summed E-state index contributed by atoms with van der Waals surface area (Å²) in [5.41, 5.74) is 0. The molecule has 3 heteroatoms. The van der Waals surface area contributed by atoms with Gasteiger partial charge in [-0.15, -0.1) is 0 Å². The van der Waals surface area contributed by atoms with Gasteiger partial charge in [-0.2, -0.15) is 0 Å². The van der Waals surface area contributed by atoms with Gasteiger partial charge in [-0.05, 0) is 0 Å². The molecule has 0 aliphatic carbocycles. The molecule has 1 aliphatic rings. The van der Waals surface area contributed by atoms with Gasteiger partial charge in [-0.1, -0.05) is 0 Å². The first-order chi connectivity index (χ1) is 3.93. The van der Waals surface area contributed by atoms with E-state index in [0.29, 0.717) is 6.29 Å². The Morgan fingerprint density at radius 1 is 1.75 bits per heavy atom. The minimum atomic E-state index is -0.472. The molecule has 0 fully saturated rings. The quantitative estimate of drug-likeness (QED) is 0.451. The molecule has 1 atom stereocenters. The van der Waals surface area contributed by atoms with Crippen molar-refractivity contribution in [3.05, 3.63) is 12.5 Å². The first-order valence-corrected chi connectivity index (χ1v) is 2.22. The smallest absolute Gasteiger partial charge is 0.188 e. The molecule has 3 nitrogen and oxygen atoms in total. The zero-order chi connectivity index (χ0) is 5.82. The van der Waals surface area contributed by atoms with E-state index in [-0.39, 0.29) is 0 Å². The fourth-order valence-corrected chi connectivity index (χ4v) is 0.398. The van der Waals surface area contributed by atoms with Crippen LogP contribution in [0.25, 0.3) is 0 Å². The van der Waals surface area contributed by atoms with Gasteiger partial charge in [-0.3, -0.25) is 9.79 Å². The normalized spacial score (nSPS) is 24.8. The molecule has 1 rings (SSSR count). The lowest BCUT2D eigenvalue weighted by Crippen LogP contribution is -2.14. The summed E-state index contributed by atoms with van der Waals surface area (Å²) >= 11 is 0. The molecule has 42 valence electrons. The Bertz CT molecular complexity index is 139. The number of carbonyl (C=O) groups is 1. The van der Waals surface area contributed by atoms with Crippen LogP contribution in [-0.4, -0.2) is 18.6 Å². The Kier molecular flexibility index (Phi) is 1.42. The van der Waals surface area contributed by atoms with E-state index in [4.69, 9.17) is 4.74 Å². The van der Waals surface area contributed by atoms with E-state index < -0.39 is 6.10 Å². The molecule has 0 N–H and O–H groups in total. The van der Waals surface area contributed by atoms with Crippen molar-refractivity contribution in [2.45, 2.75) is 6.10 Å². The largest absolute Gasteiger partial charge is 0.483 e. The molecule has 1 aliphatic heterocycles. The van der Waals surface area contributed by atoms with Crippen LogP contribution in [0, 0.1) is 0 Å². The van der Waals surface area contributed by atoms with Gasteiger partial charge in [0.05, 0.1) is 12.4 Å². The van der Waals surface area contributed by atoms with Gasteiger partial charge in [0.25, 0.3) is 0 Å². The Hall–Kier alpha value is -1.12. The van der Waals surface area contributed by atoms with Crippen LogP contribution < -0.4 is 0 Å². The van der Waals surface area contributed by atoms with Crippen LogP contribution in [0.5, 0.6) is 0 Å². The van der Waals surface area contributed by atoms with Gasteiger partial charge in [0.1, 0.15) is 6.26 Å². The van der Waals surface area contributed by atoms with E-state index in [9.17, 15) is 4.79 Å².